The maximum absolute atomic E-state index is 14.1. The van der Waals surface area contributed by atoms with Crippen molar-refractivity contribution in [3.8, 4) is 6.07 Å². The number of halogens is 5. The molecule has 0 saturated carbocycles. The van der Waals surface area contributed by atoms with Crippen LogP contribution in [0.15, 0.2) is 46.9 Å². The minimum absolute atomic E-state index is 0.00532. The van der Waals surface area contributed by atoms with Crippen molar-refractivity contribution in [3.63, 3.8) is 0 Å². The number of carbonyl (C=O) groups excluding carboxylic acids is 2. The molecule has 0 atom stereocenters. The molecule has 188 valence electrons. The number of benzene rings is 2. The first kappa shape index (κ1) is 25.8. The van der Waals surface area contributed by atoms with Crippen molar-refractivity contribution in [3.05, 3.63) is 86.5 Å². The van der Waals surface area contributed by atoms with Gasteiger partial charge in [0.2, 0.25) is 0 Å². The van der Waals surface area contributed by atoms with Crippen molar-refractivity contribution < 1.29 is 27.2 Å². The number of aromatic nitrogens is 3. The number of fused-ring (bicyclic) bond motifs is 1. The molecule has 0 aliphatic carbocycles. The molecule has 3 N–H and O–H groups in total. The van der Waals surface area contributed by atoms with Crippen LogP contribution >= 0.6 is 15.9 Å². The molecule has 0 saturated heterocycles. The normalized spacial score (nSPS) is 11.4. The summed E-state index contributed by atoms with van der Waals surface area (Å²) in [6.45, 7) is 1.29. The van der Waals surface area contributed by atoms with E-state index < -0.39 is 35.2 Å². The zero-order valence-electron chi connectivity index (χ0n) is 18.8. The van der Waals surface area contributed by atoms with Gasteiger partial charge in [-0.2, -0.15) is 23.5 Å². The highest BCUT2D eigenvalue weighted by Gasteiger charge is 2.39. The van der Waals surface area contributed by atoms with Crippen molar-refractivity contribution >= 4 is 44.3 Å². The van der Waals surface area contributed by atoms with Crippen LogP contribution in [0.25, 0.3) is 10.9 Å². The van der Waals surface area contributed by atoms with Crippen LogP contribution in [0.3, 0.4) is 0 Å². The summed E-state index contributed by atoms with van der Waals surface area (Å²) in [6.07, 6.45) is -4.91. The van der Waals surface area contributed by atoms with Crippen LogP contribution in [-0.4, -0.2) is 26.6 Å². The summed E-state index contributed by atoms with van der Waals surface area (Å²) in [7, 11) is 0. The van der Waals surface area contributed by atoms with Crippen LogP contribution < -0.4 is 11.1 Å². The number of nitriles is 1. The van der Waals surface area contributed by atoms with E-state index >= 15 is 0 Å². The number of primary amides is 1. The fraction of sp³-hybridized carbons (Fsp3) is 0.125. The molecule has 4 aromatic rings. The number of alkyl halides is 3. The van der Waals surface area contributed by atoms with Crippen molar-refractivity contribution in [1.82, 2.24) is 14.8 Å². The Bertz CT molecular complexity index is 1610. The summed E-state index contributed by atoms with van der Waals surface area (Å²) < 4.78 is 56.7. The molecule has 0 aliphatic heterocycles. The van der Waals surface area contributed by atoms with Gasteiger partial charge in [0.05, 0.1) is 45.1 Å². The highest BCUT2D eigenvalue weighted by atomic mass is 79.9. The van der Waals surface area contributed by atoms with Crippen LogP contribution in [-0.2, 0) is 12.7 Å². The molecule has 0 fully saturated rings. The third kappa shape index (κ3) is 5.14. The maximum Gasteiger partial charge on any atom is 0.437 e. The Morgan fingerprint density at radius 1 is 1.19 bits per heavy atom. The quantitative estimate of drug-likeness (QED) is 0.327. The van der Waals surface area contributed by atoms with E-state index in [9.17, 15) is 27.2 Å². The SMILES string of the molecule is Cc1c(NC(=O)c2cc(C(N)=O)nc3cc(F)c(Br)cc23)c(C(F)(F)F)nn1Cc1ccc(C#N)cc1. The predicted octanol–water partition coefficient (Wildman–Crippen LogP) is 4.93. The third-order valence-corrected chi connectivity index (χ3v) is 6.08. The Kier molecular flexibility index (Phi) is 6.70. The number of pyridine rings is 1. The zero-order chi connectivity index (χ0) is 27.1. The van der Waals surface area contributed by atoms with Gasteiger partial charge in [0, 0.05) is 11.5 Å². The van der Waals surface area contributed by atoms with Gasteiger partial charge in [0.25, 0.3) is 11.8 Å². The number of hydrogen-bond donors (Lipinski definition) is 2. The van der Waals surface area contributed by atoms with E-state index in [2.05, 4.69) is 31.3 Å². The van der Waals surface area contributed by atoms with Crippen LogP contribution in [0.2, 0.25) is 0 Å². The predicted molar refractivity (Wildman–Crippen MR) is 128 cm³/mol. The molecule has 37 heavy (non-hydrogen) atoms. The summed E-state index contributed by atoms with van der Waals surface area (Å²) in [5.41, 5.74) is 3.63. The van der Waals surface area contributed by atoms with E-state index in [0.717, 1.165) is 16.8 Å². The lowest BCUT2D eigenvalue weighted by atomic mass is 10.1. The summed E-state index contributed by atoms with van der Waals surface area (Å²) in [5.74, 6) is -2.76. The second-order valence-corrected chi connectivity index (χ2v) is 8.78. The van der Waals surface area contributed by atoms with Crippen LogP contribution in [0.4, 0.5) is 23.2 Å². The molecular formula is C24H15BrF4N6O2. The Hall–Kier alpha value is -4.31. The highest BCUT2D eigenvalue weighted by molar-refractivity contribution is 9.10. The van der Waals surface area contributed by atoms with E-state index in [1.54, 1.807) is 12.1 Å². The number of carbonyl (C=O) groups is 2. The van der Waals surface area contributed by atoms with E-state index in [1.165, 1.54) is 25.1 Å². The van der Waals surface area contributed by atoms with Gasteiger partial charge in [-0.15, -0.1) is 0 Å². The monoisotopic (exact) mass is 574 g/mol. The first-order chi connectivity index (χ1) is 17.4. The van der Waals surface area contributed by atoms with E-state index in [1.807, 2.05) is 6.07 Å². The number of amides is 2. The zero-order valence-corrected chi connectivity index (χ0v) is 20.4. The molecular weight excluding hydrogens is 560 g/mol. The van der Waals surface area contributed by atoms with Gasteiger partial charge in [-0.3, -0.25) is 14.3 Å². The van der Waals surface area contributed by atoms with Gasteiger partial charge in [-0.05, 0) is 52.7 Å². The molecule has 0 bridgehead atoms. The summed E-state index contributed by atoms with van der Waals surface area (Å²) >= 11 is 3.00. The van der Waals surface area contributed by atoms with Gasteiger partial charge in [0.15, 0.2) is 5.69 Å². The Labute approximate surface area is 214 Å². The van der Waals surface area contributed by atoms with Crippen LogP contribution in [0, 0.1) is 24.1 Å². The Morgan fingerprint density at radius 3 is 2.46 bits per heavy atom. The molecule has 2 aromatic heterocycles. The number of nitrogens with zero attached hydrogens (tertiary/aromatic N) is 4. The minimum Gasteiger partial charge on any atom is -0.364 e. The summed E-state index contributed by atoms with van der Waals surface area (Å²) in [5, 5.41) is 14.9. The Balaban J connectivity index is 1.79. The Morgan fingerprint density at radius 2 is 1.86 bits per heavy atom. The lowest BCUT2D eigenvalue weighted by Crippen LogP contribution is -2.19. The van der Waals surface area contributed by atoms with E-state index in [4.69, 9.17) is 11.0 Å². The minimum atomic E-state index is -4.91. The fourth-order valence-electron chi connectivity index (χ4n) is 3.62. The standard InChI is InChI=1S/C24H15BrF4N6O2/c1-11-20(21(24(27,28)29)34-35(11)10-13-4-2-12(9-30)3-5-13)33-23(37)15-7-19(22(31)36)32-18-8-17(26)16(25)6-14(15)18/h2-8H,10H2,1H3,(H2,31,36)(H,33,37). The van der Waals surface area contributed by atoms with Crippen LogP contribution in [0.1, 0.15) is 43.4 Å². The van der Waals surface area contributed by atoms with Crippen molar-refractivity contribution in [2.45, 2.75) is 19.6 Å². The van der Waals surface area contributed by atoms with Crippen molar-refractivity contribution in [2.24, 2.45) is 5.73 Å². The molecule has 0 radical (unpaired) electrons. The fourth-order valence-corrected chi connectivity index (χ4v) is 3.97. The molecule has 8 nitrogen and oxygen atoms in total. The molecule has 2 amide bonds. The molecule has 2 heterocycles. The largest absolute Gasteiger partial charge is 0.437 e. The number of nitrogens with two attached hydrogens (primary N) is 1. The summed E-state index contributed by atoms with van der Waals surface area (Å²) in [4.78, 5) is 28.9. The van der Waals surface area contributed by atoms with E-state index in [0.29, 0.717) is 11.1 Å². The van der Waals surface area contributed by atoms with Gasteiger partial charge >= 0.3 is 6.18 Å². The van der Waals surface area contributed by atoms with Gasteiger partial charge in [-0.25, -0.2) is 9.37 Å². The maximum atomic E-state index is 14.1. The van der Waals surface area contributed by atoms with Crippen LogP contribution in [0.5, 0.6) is 0 Å². The average Bonchev–Trinajstić information content (AvgIpc) is 3.15. The number of rotatable bonds is 5. The molecule has 13 heteroatoms. The van der Waals surface area contributed by atoms with Crippen molar-refractivity contribution in [2.75, 3.05) is 5.32 Å². The van der Waals surface area contributed by atoms with Gasteiger partial charge in [0.1, 0.15) is 11.5 Å². The smallest absolute Gasteiger partial charge is 0.364 e. The third-order valence-electron chi connectivity index (χ3n) is 5.48. The van der Waals surface area contributed by atoms with E-state index in [-0.39, 0.29) is 38.9 Å². The number of hydrogen-bond acceptors (Lipinski definition) is 5. The molecule has 0 unspecified atom stereocenters. The molecule has 4 rings (SSSR count). The molecule has 0 spiro atoms. The number of nitrogens with one attached hydrogen (secondary N) is 1. The average molecular weight is 575 g/mol. The second kappa shape index (κ2) is 9.62. The summed E-state index contributed by atoms with van der Waals surface area (Å²) in [6, 6.07) is 11.4. The van der Waals surface area contributed by atoms with Gasteiger partial charge in [-0.1, -0.05) is 12.1 Å². The number of anilines is 1. The topological polar surface area (TPSA) is 127 Å². The molecule has 0 aliphatic rings. The first-order valence-electron chi connectivity index (χ1n) is 10.4. The lowest BCUT2D eigenvalue weighted by Gasteiger charge is -2.12. The highest BCUT2D eigenvalue weighted by Crippen LogP contribution is 2.37. The second-order valence-electron chi connectivity index (χ2n) is 7.93. The molecule has 2 aromatic carbocycles. The first-order valence-corrected chi connectivity index (χ1v) is 11.2. The lowest BCUT2D eigenvalue weighted by molar-refractivity contribution is -0.140. The van der Waals surface area contributed by atoms with Gasteiger partial charge < -0.3 is 11.1 Å². The van der Waals surface area contributed by atoms with Crippen molar-refractivity contribution in [1.29, 1.82) is 5.26 Å².